The van der Waals surface area contributed by atoms with Crippen molar-refractivity contribution in [1.82, 2.24) is 0 Å². The Morgan fingerprint density at radius 1 is 0.600 bits per heavy atom. The molecule has 6 heteroatoms. The van der Waals surface area contributed by atoms with Gasteiger partial charge in [0.05, 0.1) is 9.79 Å². The monoisotopic (exact) mass is 374 g/mol. The second-order valence-corrected chi connectivity index (χ2v) is 10.6. The second-order valence-electron chi connectivity index (χ2n) is 5.81. The fourth-order valence-electron chi connectivity index (χ4n) is 2.95. The molecule has 25 heavy (non-hydrogen) atoms. The summed E-state index contributed by atoms with van der Waals surface area (Å²) in [4.78, 5) is 0.0245. The van der Waals surface area contributed by atoms with E-state index in [0.29, 0.717) is 0 Å². The molecule has 0 N–H and O–H groups in total. The van der Waals surface area contributed by atoms with Gasteiger partial charge in [0.2, 0.25) is 0 Å². The van der Waals surface area contributed by atoms with E-state index in [1.165, 1.54) is 24.3 Å². The Labute approximate surface area is 148 Å². The molecule has 1 aliphatic rings. The summed E-state index contributed by atoms with van der Waals surface area (Å²) < 4.78 is 51.8. The highest BCUT2D eigenvalue weighted by atomic mass is 32.3. The Morgan fingerprint density at radius 3 is 1.32 bits per heavy atom. The Bertz CT molecular complexity index is 918. The van der Waals surface area contributed by atoms with Gasteiger partial charge in [0.1, 0.15) is 0 Å². The minimum atomic E-state index is -4.14. The molecule has 1 aliphatic carbocycles. The lowest BCUT2D eigenvalue weighted by molar-refractivity contribution is 0.538. The third-order valence-corrected chi connectivity index (χ3v) is 10.1. The minimum Gasteiger partial charge on any atom is -0.222 e. The number of rotatable bonds is 4. The second kappa shape index (κ2) is 6.61. The minimum absolute atomic E-state index is 0.0122. The maximum absolute atomic E-state index is 13.4. The Kier molecular flexibility index (Phi) is 4.67. The van der Waals surface area contributed by atoms with E-state index in [-0.39, 0.29) is 22.6 Å². The van der Waals surface area contributed by atoms with E-state index in [9.17, 15) is 16.8 Å². The maximum Gasteiger partial charge on any atom is 0.199 e. The van der Waals surface area contributed by atoms with Crippen LogP contribution >= 0.6 is 0 Å². The molecule has 0 bridgehead atoms. The average molecular weight is 374 g/mol. The summed E-state index contributed by atoms with van der Waals surface area (Å²) in [5.74, 6) is 0. The highest BCUT2D eigenvalue weighted by Crippen LogP contribution is 2.42. The van der Waals surface area contributed by atoms with Crippen LogP contribution in [0.15, 0.2) is 94.8 Å². The van der Waals surface area contributed by atoms with Gasteiger partial charge in [-0.05, 0) is 24.3 Å². The smallest absolute Gasteiger partial charge is 0.199 e. The van der Waals surface area contributed by atoms with Crippen molar-refractivity contribution in [1.29, 1.82) is 0 Å². The molecule has 0 atom stereocenters. The lowest BCUT2D eigenvalue weighted by Crippen LogP contribution is -2.45. The molecule has 0 aliphatic heterocycles. The van der Waals surface area contributed by atoms with Gasteiger partial charge in [-0.2, -0.15) is 0 Å². The summed E-state index contributed by atoms with van der Waals surface area (Å²) in [5, 5.41) is 0. The van der Waals surface area contributed by atoms with Crippen molar-refractivity contribution in [3.05, 3.63) is 85.0 Å². The standard InChI is InChI=1S/C19H18O4S2/c20-24(21,17-11-5-3-6-12-17)19(15-9-1-2-10-16-19)25(22,23)18-13-7-4-8-14-18/h1-14H,15-16H2. The van der Waals surface area contributed by atoms with Crippen LogP contribution in [0.2, 0.25) is 0 Å². The molecular weight excluding hydrogens is 356 g/mol. The topological polar surface area (TPSA) is 68.3 Å². The summed E-state index contributed by atoms with van der Waals surface area (Å²) in [6.07, 6.45) is 6.36. The lowest BCUT2D eigenvalue weighted by atomic mass is 10.2. The Morgan fingerprint density at radius 2 is 0.960 bits per heavy atom. The van der Waals surface area contributed by atoms with E-state index in [2.05, 4.69) is 0 Å². The first kappa shape index (κ1) is 17.6. The predicted octanol–water partition coefficient (Wildman–Crippen LogP) is 3.54. The number of hydrogen-bond donors (Lipinski definition) is 0. The van der Waals surface area contributed by atoms with Crippen molar-refractivity contribution >= 4 is 19.7 Å². The van der Waals surface area contributed by atoms with Crippen molar-refractivity contribution in [3.63, 3.8) is 0 Å². The molecule has 2 aromatic rings. The van der Waals surface area contributed by atoms with Crippen LogP contribution in [0.4, 0.5) is 0 Å². The molecule has 0 amide bonds. The molecule has 4 nitrogen and oxygen atoms in total. The lowest BCUT2D eigenvalue weighted by Gasteiger charge is -2.31. The van der Waals surface area contributed by atoms with Crippen LogP contribution in [0.1, 0.15) is 12.8 Å². The van der Waals surface area contributed by atoms with Gasteiger partial charge < -0.3 is 0 Å². The van der Waals surface area contributed by atoms with Gasteiger partial charge in [-0.3, -0.25) is 0 Å². The summed E-state index contributed by atoms with van der Waals surface area (Å²) >= 11 is 0. The third kappa shape index (κ3) is 2.85. The van der Waals surface area contributed by atoms with E-state index in [4.69, 9.17) is 0 Å². The number of allylic oxidation sites excluding steroid dienone is 4. The van der Waals surface area contributed by atoms with Gasteiger partial charge in [0.25, 0.3) is 0 Å². The van der Waals surface area contributed by atoms with E-state index >= 15 is 0 Å². The zero-order valence-corrected chi connectivity index (χ0v) is 15.1. The van der Waals surface area contributed by atoms with E-state index in [1.54, 1.807) is 60.7 Å². The average Bonchev–Trinajstić information content (AvgIpc) is 2.91. The SMILES string of the molecule is O=S(=O)(c1ccccc1)C1(S(=O)(=O)c2ccccc2)CC=CC=CC1. The fourth-order valence-corrected chi connectivity index (χ4v) is 7.83. The molecule has 0 fully saturated rings. The van der Waals surface area contributed by atoms with Crippen molar-refractivity contribution in [2.24, 2.45) is 0 Å². The number of hydrogen-bond acceptors (Lipinski definition) is 4. The number of sulfone groups is 2. The highest BCUT2D eigenvalue weighted by Gasteiger charge is 2.54. The van der Waals surface area contributed by atoms with Crippen LogP contribution in [0.3, 0.4) is 0 Å². The predicted molar refractivity (Wildman–Crippen MR) is 97.5 cm³/mol. The van der Waals surface area contributed by atoms with Crippen molar-refractivity contribution in [2.75, 3.05) is 0 Å². The van der Waals surface area contributed by atoms with E-state index in [0.717, 1.165) is 0 Å². The summed E-state index contributed by atoms with van der Waals surface area (Å²) in [6.45, 7) is 0. The van der Waals surface area contributed by atoms with Gasteiger partial charge >= 0.3 is 0 Å². The maximum atomic E-state index is 13.4. The molecule has 0 saturated heterocycles. The Balaban J connectivity index is 2.30. The molecular formula is C19H18O4S2. The zero-order chi connectivity index (χ0) is 18.0. The van der Waals surface area contributed by atoms with Crippen molar-refractivity contribution in [3.8, 4) is 0 Å². The van der Waals surface area contributed by atoms with E-state index < -0.39 is 23.8 Å². The zero-order valence-electron chi connectivity index (χ0n) is 13.4. The molecule has 0 radical (unpaired) electrons. The fraction of sp³-hybridized carbons (Fsp3) is 0.158. The van der Waals surface area contributed by atoms with Gasteiger partial charge in [0.15, 0.2) is 23.8 Å². The molecule has 0 saturated carbocycles. The van der Waals surface area contributed by atoms with Gasteiger partial charge in [-0.15, -0.1) is 0 Å². The molecule has 0 unspecified atom stereocenters. The molecule has 0 spiro atoms. The van der Waals surface area contributed by atoms with Gasteiger partial charge in [-0.25, -0.2) is 16.8 Å². The summed E-state index contributed by atoms with van der Waals surface area (Å²) in [6, 6.07) is 15.5. The first-order valence-corrected chi connectivity index (χ1v) is 10.8. The molecule has 0 heterocycles. The van der Waals surface area contributed by atoms with E-state index in [1.807, 2.05) is 0 Å². The Hall–Kier alpha value is -2.18. The van der Waals surface area contributed by atoms with Crippen molar-refractivity contribution < 1.29 is 16.8 Å². The first-order chi connectivity index (χ1) is 11.9. The number of benzene rings is 2. The van der Waals surface area contributed by atoms with Crippen molar-refractivity contribution in [2.45, 2.75) is 26.7 Å². The van der Waals surface area contributed by atoms with Crippen LogP contribution in [0, 0.1) is 0 Å². The van der Waals surface area contributed by atoms with Gasteiger partial charge in [-0.1, -0.05) is 60.7 Å². The molecule has 0 aromatic heterocycles. The normalized spacial score (nSPS) is 17.1. The van der Waals surface area contributed by atoms with Crippen LogP contribution in [0.5, 0.6) is 0 Å². The molecule has 2 aromatic carbocycles. The summed E-state index contributed by atoms with van der Waals surface area (Å²) in [7, 11) is -8.29. The highest BCUT2D eigenvalue weighted by molar-refractivity contribution is 8.10. The molecule has 130 valence electrons. The van der Waals surface area contributed by atoms with Crippen LogP contribution < -0.4 is 0 Å². The first-order valence-electron chi connectivity index (χ1n) is 7.83. The van der Waals surface area contributed by atoms with Gasteiger partial charge in [0, 0.05) is 12.8 Å². The quantitative estimate of drug-likeness (QED) is 0.821. The summed E-state index contributed by atoms with van der Waals surface area (Å²) in [5.41, 5.74) is 0. The largest absolute Gasteiger partial charge is 0.222 e. The van der Waals surface area contributed by atoms with Crippen LogP contribution in [0.25, 0.3) is 0 Å². The van der Waals surface area contributed by atoms with Crippen LogP contribution in [-0.4, -0.2) is 20.9 Å². The third-order valence-electron chi connectivity index (χ3n) is 4.33. The van der Waals surface area contributed by atoms with Crippen LogP contribution in [-0.2, 0) is 19.7 Å². The molecule has 3 rings (SSSR count).